The highest BCUT2D eigenvalue weighted by atomic mass is 16.5. The highest BCUT2D eigenvalue weighted by Gasteiger charge is 2.25. The molecule has 3 aromatic rings. The molecule has 0 saturated heterocycles. The number of nitrogens with zero attached hydrogens (tertiary/aromatic N) is 3. The predicted molar refractivity (Wildman–Crippen MR) is 128 cm³/mol. The molecule has 6 heteroatoms. The number of methoxy groups -OCH3 is 1. The third-order valence-electron chi connectivity index (χ3n) is 5.32. The van der Waals surface area contributed by atoms with Crippen molar-refractivity contribution in [1.82, 2.24) is 14.7 Å². The maximum absolute atomic E-state index is 10.6. The monoisotopic (exact) mass is 435 g/mol. The van der Waals surface area contributed by atoms with Gasteiger partial charge in [0.2, 0.25) is 5.88 Å². The average molecular weight is 436 g/mol. The third kappa shape index (κ3) is 5.58. The summed E-state index contributed by atoms with van der Waals surface area (Å²) >= 11 is 0. The number of benzene rings is 2. The number of rotatable bonds is 11. The van der Waals surface area contributed by atoms with Gasteiger partial charge in [0.05, 0.1) is 29.7 Å². The minimum atomic E-state index is -0.984. The molecule has 0 fully saturated rings. The number of aromatic nitrogens is 2. The van der Waals surface area contributed by atoms with Crippen molar-refractivity contribution < 1.29 is 14.6 Å². The van der Waals surface area contributed by atoms with E-state index in [1.54, 1.807) is 20.1 Å². The van der Waals surface area contributed by atoms with E-state index in [-0.39, 0.29) is 0 Å². The standard InChI is InChI=1S/C26H33N3O3/c1-6-17-28(19-26(4,30)7-2)18-22-20(3)27-29(21-13-9-8-10-14-21)25(22)32-24-16-12-11-15-23(24)31-5/h7-16,30H,2,6,17-19H2,1,3-5H3/t26-/m1/s1. The number of hydrogen-bond acceptors (Lipinski definition) is 5. The van der Waals surface area contributed by atoms with Crippen LogP contribution in [0.4, 0.5) is 0 Å². The van der Waals surface area contributed by atoms with E-state index in [2.05, 4.69) is 18.4 Å². The van der Waals surface area contributed by atoms with Gasteiger partial charge < -0.3 is 14.6 Å². The number of para-hydroxylation sites is 3. The second-order valence-electron chi connectivity index (χ2n) is 8.14. The molecule has 0 radical (unpaired) electrons. The quantitative estimate of drug-likeness (QED) is 0.423. The number of ether oxygens (including phenoxy) is 2. The molecular formula is C26H33N3O3. The molecular weight excluding hydrogens is 402 g/mol. The van der Waals surface area contributed by atoms with Crippen LogP contribution in [0.1, 0.15) is 31.5 Å². The van der Waals surface area contributed by atoms with Crippen LogP contribution >= 0.6 is 0 Å². The van der Waals surface area contributed by atoms with E-state index >= 15 is 0 Å². The van der Waals surface area contributed by atoms with Crippen molar-refractivity contribution in [3.8, 4) is 23.1 Å². The first kappa shape index (κ1) is 23.6. The Morgan fingerprint density at radius 2 is 1.78 bits per heavy atom. The molecule has 0 bridgehead atoms. The number of aryl methyl sites for hydroxylation is 1. The molecule has 2 aromatic carbocycles. The molecule has 0 spiro atoms. The molecule has 1 heterocycles. The predicted octanol–water partition coefficient (Wildman–Crippen LogP) is 5.13. The molecule has 32 heavy (non-hydrogen) atoms. The molecule has 0 unspecified atom stereocenters. The Kier molecular flexibility index (Phi) is 7.72. The smallest absolute Gasteiger partial charge is 0.227 e. The van der Waals surface area contributed by atoms with Crippen LogP contribution in [0, 0.1) is 6.92 Å². The van der Waals surface area contributed by atoms with Crippen molar-refractivity contribution in [2.45, 2.75) is 39.3 Å². The zero-order chi connectivity index (χ0) is 23.1. The summed E-state index contributed by atoms with van der Waals surface area (Å²) in [4.78, 5) is 2.20. The molecule has 6 nitrogen and oxygen atoms in total. The van der Waals surface area contributed by atoms with E-state index in [1.165, 1.54) is 0 Å². The van der Waals surface area contributed by atoms with Gasteiger partial charge in [-0.25, -0.2) is 4.68 Å². The maximum atomic E-state index is 10.6. The van der Waals surface area contributed by atoms with Gasteiger partial charge in [0.1, 0.15) is 0 Å². The van der Waals surface area contributed by atoms with Gasteiger partial charge in [-0.1, -0.05) is 43.3 Å². The van der Waals surface area contributed by atoms with Gasteiger partial charge in [-0.15, -0.1) is 6.58 Å². The van der Waals surface area contributed by atoms with Crippen LogP contribution in [-0.2, 0) is 6.54 Å². The van der Waals surface area contributed by atoms with Gasteiger partial charge >= 0.3 is 0 Å². The fourth-order valence-corrected chi connectivity index (χ4v) is 3.65. The zero-order valence-corrected chi connectivity index (χ0v) is 19.4. The lowest BCUT2D eigenvalue weighted by atomic mass is 10.1. The highest BCUT2D eigenvalue weighted by molar-refractivity contribution is 5.47. The van der Waals surface area contributed by atoms with Crippen LogP contribution in [0.15, 0.2) is 67.3 Å². The fraction of sp³-hybridized carbons (Fsp3) is 0.346. The van der Waals surface area contributed by atoms with Crippen LogP contribution < -0.4 is 9.47 Å². The van der Waals surface area contributed by atoms with Gasteiger partial charge in [-0.3, -0.25) is 4.90 Å². The molecule has 1 N–H and O–H groups in total. The molecule has 1 aromatic heterocycles. The van der Waals surface area contributed by atoms with Crippen LogP contribution in [0.25, 0.3) is 5.69 Å². The Balaban J connectivity index is 2.06. The maximum Gasteiger partial charge on any atom is 0.227 e. The van der Waals surface area contributed by atoms with Crippen LogP contribution in [0.2, 0.25) is 0 Å². The van der Waals surface area contributed by atoms with Crippen LogP contribution in [0.3, 0.4) is 0 Å². The van der Waals surface area contributed by atoms with Crippen molar-refractivity contribution in [3.63, 3.8) is 0 Å². The van der Waals surface area contributed by atoms with E-state index in [9.17, 15) is 5.11 Å². The average Bonchev–Trinajstić information content (AvgIpc) is 3.09. The topological polar surface area (TPSA) is 59.8 Å². The summed E-state index contributed by atoms with van der Waals surface area (Å²) in [6.07, 6.45) is 2.55. The molecule has 170 valence electrons. The summed E-state index contributed by atoms with van der Waals surface area (Å²) in [5.41, 5.74) is 1.76. The zero-order valence-electron chi connectivity index (χ0n) is 19.4. The normalized spacial score (nSPS) is 13.1. The van der Waals surface area contributed by atoms with E-state index in [0.29, 0.717) is 30.5 Å². The van der Waals surface area contributed by atoms with E-state index in [1.807, 2.05) is 66.2 Å². The van der Waals surface area contributed by atoms with Crippen LogP contribution in [-0.4, -0.2) is 45.6 Å². The van der Waals surface area contributed by atoms with Crippen molar-refractivity contribution in [2.24, 2.45) is 0 Å². The van der Waals surface area contributed by atoms with Crippen LogP contribution in [0.5, 0.6) is 17.4 Å². The van der Waals surface area contributed by atoms with Gasteiger partial charge in [0, 0.05) is 13.1 Å². The molecule has 0 saturated carbocycles. The van der Waals surface area contributed by atoms with Gasteiger partial charge in [-0.05, 0) is 51.1 Å². The van der Waals surface area contributed by atoms with Gasteiger partial charge in [0.15, 0.2) is 11.5 Å². The Bertz CT molecular complexity index is 1030. The summed E-state index contributed by atoms with van der Waals surface area (Å²) in [5.74, 6) is 1.91. The number of hydrogen-bond donors (Lipinski definition) is 1. The largest absolute Gasteiger partial charge is 0.493 e. The Hall–Kier alpha value is -3.09. The van der Waals surface area contributed by atoms with Gasteiger partial charge in [0.25, 0.3) is 0 Å². The Morgan fingerprint density at radius 3 is 2.41 bits per heavy atom. The summed E-state index contributed by atoms with van der Waals surface area (Å²) in [7, 11) is 1.63. The minimum Gasteiger partial charge on any atom is -0.493 e. The lowest BCUT2D eigenvalue weighted by Gasteiger charge is -2.29. The van der Waals surface area contributed by atoms with E-state index < -0.39 is 5.60 Å². The Labute approximate surface area is 190 Å². The van der Waals surface area contributed by atoms with E-state index in [4.69, 9.17) is 14.6 Å². The number of aliphatic hydroxyl groups is 1. The van der Waals surface area contributed by atoms with Crippen molar-refractivity contribution >= 4 is 0 Å². The molecule has 0 aliphatic heterocycles. The molecule has 0 amide bonds. The molecule has 1 atom stereocenters. The highest BCUT2D eigenvalue weighted by Crippen LogP contribution is 2.36. The SMILES string of the molecule is C=C[C@@](C)(O)CN(CCC)Cc1c(C)nn(-c2ccccc2)c1Oc1ccccc1OC. The Morgan fingerprint density at radius 1 is 1.12 bits per heavy atom. The second kappa shape index (κ2) is 10.5. The van der Waals surface area contributed by atoms with Gasteiger partial charge in [-0.2, -0.15) is 5.10 Å². The summed E-state index contributed by atoms with van der Waals surface area (Å²) < 4.78 is 13.8. The molecule has 0 aliphatic rings. The van der Waals surface area contributed by atoms with Crippen molar-refractivity contribution in [1.29, 1.82) is 0 Å². The summed E-state index contributed by atoms with van der Waals surface area (Å²) in [5, 5.41) is 15.4. The first-order valence-electron chi connectivity index (χ1n) is 10.9. The first-order valence-corrected chi connectivity index (χ1v) is 10.9. The van der Waals surface area contributed by atoms with Crippen molar-refractivity contribution in [2.75, 3.05) is 20.2 Å². The lowest BCUT2D eigenvalue weighted by Crippen LogP contribution is -2.39. The fourth-order valence-electron chi connectivity index (χ4n) is 3.65. The molecule has 0 aliphatic carbocycles. The molecule has 3 rings (SSSR count). The third-order valence-corrected chi connectivity index (χ3v) is 5.32. The minimum absolute atomic E-state index is 0.467. The van der Waals surface area contributed by atoms with E-state index in [0.717, 1.165) is 29.9 Å². The summed E-state index contributed by atoms with van der Waals surface area (Å²) in [6, 6.07) is 17.5. The summed E-state index contributed by atoms with van der Waals surface area (Å²) in [6.45, 7) is 11.5. The lowest BCUT2D eigenvalue weighted by molar-refractivity contribution is 0.0584. The second-order valence-corrected chi connectivity index (χ2v) is 8.14. The van der Waals surface area contributed by atoms with Crippen molar-refractivity contribution in [3.05, 3.63) is 78.5 Å². The first-order chi connectivity index (χ1) is 15.4.